The smallest absolute Gasteiger partial charge is 0.257 e. The first-order chi connectivity index (χ1) is 9.09. The summed E-state index contributed by atoms with van der Waals surface area (Å²) in [7, 11) is 0. The van der Waals surface area contributed by atoms with Crippen LogP contribution in [-0.2, 0) is 9.47 Å². The van der Waals surface area contributed by atoms with Crippen LogP contribution in [0.5, 0.6) is 0 Å². The summed E-state index contributed by atoms with van der Waals surface area (Å²) in [5.41, 5.74) is 4.34. The molecular formula is C12H14F2N2O3. The predicted octanol–water partition coefficient (Wildman–Crippen LogP) is 0.692. The summed E-state index contributed by atoms with van der Waals surface area (Å²) < 4.78 is 37.5. The third kappa shape index (κ3) is 3.18. The molecule has 19 heavy (non-hydrogen) atoms. The van der Waals surface area contributed by atoms with E-state index in [-0.39, 0.29) is 18.3 Å². The predicted molar refractivity (Wildman–Crippen MR) is 63.7 cm³/mol. The van der Waals surface area contributed by atoms with Gasteiger partial charge in [-0.15, -0.1) is 0 Å². The zero-order valence-corrected chi connectivity index (χ0v) is 10.1. The first kappa shape index (κ1) is 13.7. The molecule has 0 spiro atoms. The maximum absolute atomic E-state index is 13.6. The van der Waals surface area contributed by atoms with Crippen molar-refractivity contribution in [1.29, 1.82) is 0 Å². The van der Waals surface area contributed by atoms with Crippen LogP contribution in [0, 0.1) is 11.6 Å². The summed E-state index contributed by atoms with van der Waals surface area (Å²) in [5.74, 6) is -2.88. The van der Waals surface area contributed by atoms with Crippen LogP contribution in [0.15, 0.2) is 12.1 Å². The van der Waals surface area contributed by atoms with Crippen LogP contribution in [-0.4, -0.2) is 38.4 Å². The van der Waals surface area contributed by atoms with E-state index in [1.54, 1.807) is 0 Å². The Morgan fingerprint density at radius 2 is 2.21 bits per heavy atom. The monoisotopic (exact) mass is 272 g/mol. The average molecular weight is 272 g/mol. The van der Waals surface area contributed by atoms with Crippen LogP contribution in [0.2, 0.25) is 0 Å². The number of nitrogens with two attached hydrogens (primary N) is 1. The van der Waals surface area contributed by atoms with Gasteiger partial charge in [0, 0.05) is 6.54 Å². The molecule has 1 aliphatic rings. The maximum Gasteiger partial charge on any atom is 0.257 e. The lowest BCUT2D eigenvalue weighted by molar-refractivity contribution is -0.0855. The summed E-state index contributed by atoms with van der Waals surface area (Å²) in [5, 5.41) is 2.40. The molecule has 1 atom stereocenters. The molecule has 5 nitrogen and oxygen atoms in total. The zero-order chi connectivity index (χ0) is 13.8. The van der Waals surface area contributed by atoms with Gasteiger partial charge in [0.15, 0.2) is 5.82 Å². The van der Waals surface area contributed by atoms with Crippen molar-refractivity contribution >= 4 is 11.6 Å². The van der Waals surface area contributed by atoms with E-state index in [0.29, 0.717) is 19.8 Å². The second-order valence-corrected chi connectivity index (χ2v) is 4.10. The van der Waals surface area contributed by atoms with Crippen LogP contribution < -0.4 is 11.1 Å². The molecule has 1 aliphatic heterocycles. The fourth-order valence-corrected chi connectivity index (χ4v) is 1.73. The molecule has 3 N–H and O–H groups in total. The Kier molecular flexibility index (Phi) is 4.28. The summed E-state index contributed by atoms with van der Waals surface area (Å²) >= 11 is 0. The minimum absolute atomic E-state index is 0.118. The molecule has 0 radical (unpaired) electrons. The van der Waals surface area contributed by atoms with E-state index in [4.69, 9.17) is 15.2 Å². The second-order valence-electron chi connectivity index (χ2n) is 4.10. The van der Waals surface area contributed by atoms with Crippen molar-refractivity contribution in [2.75, 3.05) is 32.1 Å². The first-order valence-electron chi connectivity index (χ1n) is 5.80. The van der Waals surface area contributed by atoms with E-state index >= 15 is 0 Å². The Labute approximate surface area is 108 Å². The van der Waals surface area contributed by atoms with Gasteiger partial charge in [-0.1, -0.05) is 0 Å². The van der Waals surface area contributed by atoms with Crippen molar-refractivity contribution in [3.8, 4) is 0 Å². The third-order valence-electron chi connectivity index (χ3n) is 2.72. The molecular weight excluding hydrogens is 258 g/mol. The van der Waals surface area contributed by atoms with Crippen molar-refractivity contribution in [1.82, 2.24) is 5.32 Å². The van der Waals surface area contributed by atoms with Crippen LogP contribution in [0.3, 0.4) is 0 Å². The molecule has 0 aromatic heterocycles. The molecule has 1 unspecified atom stereocenters. The summed E-state index contributed by atoms with van der Waals surface area (Å²) in [6.45, 7) is 1.39. The SMILES string of the molecule is Nc1ccc(F)c(C(=O)NCC2COCCO2)c1F. The van der Waals surface area contributed by atoms with E-state index in [2.05, 4.69) is 5.32 Å². The van der Waals surface area contributed by atoms with Crippen molar-refractivity contribution < 1.29 is 23.0 Å². The molecule has 1 saturated heterocycles. The highest BCUT2D eigenvalue weighted by Gasteiger charge is 2.21. The number of nitrogens with one attached hydrogen (secondary N) is 1. The number of anilines is 1. The van der Waals surface area contributed by atoms with Crippen LogP contribution in [0.25, 0.3) is 0 Å². The van der Waals surface area contributed by atoms with Gasteiger partial charge in [-0.05, 0) is 12.1 Å². The lowest BCUT2D eigenvalue weighted by Gasteiger charge is -2.23. The molecule has 1 aromatic rings. The van der Waals surface area contributed by atoms with Gasteiger partial charge in [-0.2, -0.15) is 0 Å². The Hall–Kier alpha value is -1.73. The van der Waals surface area contributed by atoms with E-state index in [9.17, 15) is 13.6 Å². The average Bonchev–Trinajstić information content (AvgIpc) is 2.42. The lowest BCUT2D eigenvalue weighted by atomic mass is 10.1. The van der Waals surface area contributed by atoms with Gasteiger partial charge >= 0.3 is 0 Å². The number of benzene rings is 1. The van der Waals surface area contributed by atoms with E-state index in [0.717, 1.165) is 12.1 Å². The van der Waals surface area contributed by atoms with E-state index in [1.165, 1.54) is 0 Å². The van der Waals surface area contributed by atoms with Crippen molar-refractivity contribution in [3.63, 3.8) is 0 Å². The Bertz CT molecular complexity index is 476. The number of amides is 1. The second kappa shape index (κ2) is 5.94. The highest BCUT2D eigenvalue weighted by molar-refractivity contribution is 5.95. The molecule has 0 saturated carbocycles. The number of hydrogen-bond donors (Lipinski definition) is 2. The minimum atomic E-state index is -1.06. The maximum atomic E-state index is 13.6. The fraction of sp³-hybridized carbons (Fsp3) is 0.417. The van der Waals surface area contributed by atoms with E-state index < -0.39 is 23.1 Å². The number of carbonyl (C=O) groups is 1. The van der Waals surface area contributed by atoms with Crippen LogP contribution in [0.1, 0.15) is 10.4 Å². The standard InChI is InChI=1S/C12H14F2N2O3/c13-8-1-2-9(15)11(14)10(8)12(17)16-5-7-6-18-3-4-19-7/h1-2,7H,3-6,15H2,(H,16,17). The number of hydrogen-bond acceptors (Lipinski definition) is 4. The van der Waals surface area contributed by atoms with Gasteiger partial charge in [-0.3, -0.25) is 4.79 Å². The number of rotatable bonds is 3. The molecule has 7 heteroatoms. The normalized spacial score (nSPS) is 19.2. The minimum Gasteiger partial charge on any atom is -0.396 e. The number of ether oxygens (including phenoxy) is 2. The zero-order valence-electron chi connectivity index (χ0n) is 10.1. The van der Waals surface area contributed by atoms with Crippen molar-refractivity contribution in [3.05, 3.63) is 29.3 Å². The third-order valence-corrected chi connectivity index (χ3v) is 2.72. The van der Waals surface area contributed by atoms with Gasteiger partial charge < -0.3 is 20.5 Å². The number of carbonyl (C=O) groups excluding carboxylic acids is 1. The Balaban J connectivity index is 2.01. The van der Waals surface area contributed by atoms with Gasteiger partial charge in [0.1, 0.15) is 11.4 Å². The molecule has 0 bridgehead atoms. The topological polar surface area (TPSA) is 73.6 Å². The largest absolute Gasteiger partial charge is 0.396 e. The molecule has 1 aromatic carbocycles. The quantitative estimate of drug-likeness (QED) is 0.794. The molecule has 1 amide bonds. The summed E-state index contributed by atoms with van der Waals surface area (Å²) in [4.78, 5) is 11.7. The highest BCUT2D eigenvalue weighted by atomic mass is 19.1. The highest BCUT2D eigenvalue weighted by Crippen LogP contribution is 2.18. The summed E-state index contributed by atoms with van der Waals surface area (Å²) in [6, 6.07) is 2.02. The van der Waals surface area contributed by atoms with Crippen LogP contribution in [0.4, 0.5) is 14.5 Å². The summed E-state index contributed by atoms with van der Waals surface area (Å²) in [6.07, 6.45) is -0.315. The van der Waals surface area contributed by atoms with Crippen molar-refractivity contribution in [2.45, 2.75) is 6.10 Å². The Morgan fingerprint density at radius 3 is 2.89 bits per heavy atom. The molecule has 2 rings (SSSR count). The molecule has 1 fully saturated rings. The van der Waals surface area contributed by atoms with Gasteiger partial charge in [0.05, 0.1) is 31.6 Å². The molecule has 1 heterocycles. The first-order valence-corrected chi connectivity index (χ1v) is 5.80. The van der Waals surface area contributed by atoms with Gasteiger partial charge in [-0.25, -0.2) is 8.78 Å². The Morgan fingerprint density at radius 1 is 1.42 bits per heavy atom. The lowest BCUT2D eigenvalue weighted by Crippen LogP contribution is -2.40. The van der Waals surface area contributed by atoms with Crippen LogP contribution >= 0.6 is 0 Å². The number of nitrogen functional groups attached to an aromatic ring is 1. The van der Waals surface area contributed by atoms with E-state index in [1.807, 2.05) is 0 Å². The number of halogens is 2. The van der Waals surface area contributed by atoms with Gasteiger partial charge in [0.25, 0.3) is 5.91 Å². The molecule has 0 aliphatic carbocycles. The van der Waals surface area contributed by atoms with Crippen molar-refractivity contribution in [2.24, 2.45) is 0 Å². The fourth-order valence-electron chi connectivity index (χ4n) is 1.73. The van der Waals surface area contributed by atoms with Gasteiger partial charge in [0.2, 0.25) is 0 Å². The molecule has 104 valence electrons.